The Hall–Kier alpha value is -3.19. The van der Waals surface area contributed by atoms with Crippen molar-refractivity contribution in [1.82, 2.24) is 10.2 Å². The van der Waals surface area contributed by atoms with Gasteiger partial charge in [0.05, 0.1) is 17.7 Å². The summed E-state index contributed by atoms with van der Waals surface area (Å²) in [4.78, 5) is 27.6. The fraction of sp³-hybridized carbons (Fsp3) is 0.370. The van der Waals surface area contributed by atoms with Gasteiger partial charge in [0.1, 0.15) is 0 Å². The zero-order chi connectivity index (χ0) is 24.4. The summed E-state index contributed by atoms with van der Waals surface area (Å²) in [5.41, 5.74) is 4.15. The molecule has 0 saturated heterocycles. The van der Waals surface area contributed by atoms with E-state index in [0.717, 1.165) is 23.4 Å². The summed E-state index contributed by atoms with van der Waals surface area (Å²) in [5.74, 6) is -0.0299. The van der Waals surface area contributed by atoms with Crippen molar-refractivity contribution in [2.24, 2.45) is 5.92 Å². The Kier molecular flexibility index (Phi) is 7.03. The van der Waals surface area contributed by atoms with Crippen molar-refractivity contribution < 1.29 is 14.3 Å². The number of amides is 1. The number of rotatable bonds is 7. The van der Waals surface area contributed by atoms with Gasteiger partial charge in [0.2, 0.25) is 5.91 Å². The van der Waals surface area contributed by atoms with Gasteiger partial charge in [-0.25, -0.2) is 4.79 Å². The molecule has 0 spiro atoms. The van der Waals surface area contributed by atoms with Gasteiger partial charge < -0.3 is 20.3 Å². The lowest BCUT2D eigenvalue weighted by Crippen LogP contribution is -2.47. The molecule has 0 bridgehead atoms. The van der Waals surface area contributed by atoms with E-state index in [1.807, 2.05) is 75.1 Å². The highest BCUT2D eigenvalue weighted by molar-refractivity contribution is 7.80. The smallest absolute Gasteiger partial charge is 0.338 e. The Morgan fingerprint density at radius 2 is 1.79 bits per heavy atom. The maximum absolute atomic E-state index is 13.0. The molecule has 2 aromatic rings. The van der Waals surface area contributed by atoms with Crippen molar-refractivity contribution in [2.75, 3.05) is 11.9 Å². The Balaban J connectivity index is 1.49. The second-order valence-electron chi connectivity index (χ2n) is 9.05. The van der Waals surface area contributed by atoms with Gasteiger partial charge in [-0.1, -0.05) is 42.5 Å². The highest BCUT2D eigenvalue weighted by atomic mass is 32.1. The van der Waals surface area contributed by atoms with E-state index in [2.05, 4.69) is 22.8 Å². The molecule has 7 heteroatoms. The molecule has 1 saturated carbocycles. The number of nitrogens with zero attached hydrogens (tertiary/aromatic N) is 1. The van der Waals surface area contributed by atoms with Crippen molar-refractivity contribution in [1.29, 1.82) is 0 Å². The van der Waals surface area contributed by atoms with E-state index >= 15 is 0 Å². The van der Waals surface area contributed by atoms with Crippen LogP contribution in [-0.2, 0) is 14.3 Å². The van der Waals surface area contributed by atoms with Crippen LogP contribution in [0.5, 0.6) is 0 Å². The fourth-order valence-electron chi connectivity index (χ4n) is 4.50. The van der Waals surface area contributed by atoms with Gasteiger partial charge in [0.15, 0.2) is 5.11 Å². The van der Waals surface area contributed by atoms with E-state index in [4.69, 9.17) is 17.0 Å². The standard InChI is InChI=1S/C27H31N3O3S/c1-5-30-17(4)23(26(32)33-16(2)3)24(29-27(30)34)19-11-13-20(14-12-19)28-25(31)22-15-21(22)18-9-7-6-8-10-18/h6-14,16,21-22,24H,5,15H2,1-4H3,(H,28,31)(H,29,34). The van der Waals surface area contributed by atoms with Crippen LogP contribution >= 0.6 is 12.2 Å². The topological polar surface area (TPSA) is 70.7 Å². The molecule has 1 aliphatic carbocycles. The van der Waals surface area contributed by atoms with Crippen molar-refractivity contribution in [3.05, 3.63) is 77.0 Å². The summed E-state index contributed by atoms with van der Waals surface area (Å²) < 4.78 is 5.53. The minimum Gasteiger partial charge on any atom is -0.459 e. The molecule has 1 aliphatic heterocycles. The van der Waals surface area contributed by atoms with Crippen LogP contribution in [0.15, 0.2) is 65.9 Å². The van der Waals surface area contributed by atoms with Crippen molar-refractivity contribution in [3.63, 3.8) is 0 Å². The molecule has 3 atom stereocenters. The van der Waals surface area contributed by atoms with Gasteiger partial charge in [-0.05, 0) is 75.5 Å². The lowest BCUT2D eigenvalue weighted by atomic mass is 9.94. The number of anilines is 1. The highest BCUT2D eigenvalue weighted by Crippen LogP contribution is 2.47. The second kappa shape index (κ2) is 9.97. The van der Waals surface area contributed by atoms with E-state index in [-0.39, 0.29) is 29.8 Å². The first-order chi connectivity index (χ1) is 16.3. The number of hydrogen-bond acceptors (Lipinski definition) is 4. The molecule has 1 fully saturated rings. The Labute approximate surface area is 206 Å². The second-order valence-corrected chi connectivity index (χ2v) is 9.44. The number of allylic oxidation sites excluding steroid dienone is 1. The molecular formula is C27H31N3O3S. The molecule has 1 amide bonds. The van der Waals surface area contributed by atoms with Crippen LogP contribution in [0.2, 0.25) is 0 Å². The number of carbonyl (C=O) groups is 2. The first kappa shape index (κ1) is 24.0. The van der Waals surface area contributed by atoms with Crippen LogP contribution < -0.4 is 10.6 Å². The number of ether oxygens (including phenoxy) is 1. The molecule has 4 rings (SSSR count). The fourth-order valence-corrected chi connectivity index (χ4v) is 4.89. The van der Waals surface area contributed by atoms with Gasteiger partial charge in [-0.2, -0.15) is 0 Å². The monoisotopic (exact) mass is 477 g/mol. The molecule has 2 aromatic carbocycles. The summed E-state index contributed by atoms with van der Waals surface area (Å²) in [5, 5.41) is 6.90. The van der Waals surface area contributed by atoms with Gasteiger partial charge >= 0.3 is 5.97 Å². The van der Waals surface area contributed by atoms with Crippen molar-refractivity contribution in [3.8, 4) is 0 Å². The van der Waals surface area contributed by atoms with Crippen LogP contribution in [0.1, 0.15) is 57.2 Å². The minimum absolute atomic E-state index is 0.00229. The van der Waals surface area contributed by atoms with Crippen LogP contribution in [-0.4, -0.2) is 34.5 Å². The van der Waals surface area contributed by atoms with Crippen LogP contribution in [0.3, 0.4) is 0 Å². The molecular weight excluding hydrogens is 446 g/mol. The van der Waals surface area contributed by atoms with Gasteiger partial charge in [0, 0.05) is 23.8 Å². The lowest BCUT2D eigenvalue weighted by molar-refractivity contribution is -0.143. The molecule has 6 nitrogen and oxygen atoms in total. The van der Waals surface area contributed by atoms with Gasteiger partial charge in [-0.3, -0.25) is 4.79 Å². The molecule has 2 aliphatic rings. The van der Waals surface area contributed by atoms with E-state index in [9.17, 15) is 9.59 Å². The minimum atomic E-state index is -0.419. The summed E-state index contributed by atoms with van der Waals surface area (Å²) in [6.45, 7) is 8.21. The number of benzene rings is 2. The number of carbonyl (C=O) groups excluding carboxylic acids is 2. The van der Waals surface area contributed by atoms with Crippen LogP contribution in [0.4, 0.5) is 5.69 Å². The van der Waals surface area contributed by atoms with Gasteiger partial charge in [-0.15, -0.1) is 0 Å². The van der Waals surface area contributed by atoms with Crippen LogP contribution in [0.25, 0.3) is 0 Å². The third-order valence-electron chi connectivity index (χ3n) is 6.34. The third kappa shape index (κ3) is 4.99. The van der Waals surface area contributed by atoms with E-state index < -0.39 is 6.04 Å². The summed E-state index contributed by atoms with van der Waals surface area (Å²) in [6, 6.07) is 17.3. The average molecular weight is 478 g/mol. The van der Waals surface area contributed by atoms with E-state index in [1.54, 1.807) is 0 Å². The quantitative estimate of drug-likeness (QED) is 0.436. The number of thiocarbonyl (C=S) groups is 1. The maximum atomic E-state index is 13.0. The molecule has 1 heterocycles. The number of hydrogen-bond donors (Lipinski definition) is 2. The first-order valence-corrected chi connectivity index (χ1v) is 12.2. The summed E-state index contributed by atoms with van der Waals surface area (Å²) >= 11 is 5.55. The summed E-state index contributed by atoms with van der Waals surface area (Å²) in [6.07, 6.45) is 0.647. The van der Waals surface area contributed by atoms with Crippen LogP contribution in [0, 0.1) is 5.92 Å². The van der Waals surface area contributed by atoms with Crippen molar-refractivity contribution >= 4 is 34.9 Å². The van der Waals surface area contributed by atoms with Gasteiger partial charge in [0.25, 0.3) is 0 Å². The van der Waals surface area contributed by atoms with E-state index in [1.165, 1.54) is 5.56 Å². The molecule has 34 heavy (non-hydrogen) atoms. The SMILES string of the molecule is CCN1C(=S)NC(c2ccc(NC(=O)C3CC3c3ccccc3)cc2)C(C(=O)OC(C)C)=C1C. The lowest BCUT2D eigenvalue weighted by Gasteiger charge is -2.37. The molecule has 178 valence electrons. The first-order valence-electron chi connectivity index (χ1n) is 11.8. The Morgan fingerprint density at radius 3 is 2.41 bits per heavy atom. The molecule has 3 unspecified atom stereocenters. The predicted molar refractivity (Wildman–Crippen MR) is 137 cm³/mol. The zero-order valence-corrected chi connectivity index (χ0v) is 20.8. The van der Waals surface area contributed by atoms with E-state index in [0.29, 0.717) is 17.2 Å². The maximum Gasteiger partial charge on any atom is 0.338 e. The predicted octanol–water partition coefficient (Wildman–Crippen LogP) is 4.91. The molecule has 0 aromatic heterocycles. The summed E-state index contributed by atoms with van der Waals surface area (Å²) in [7, 11) is 0. The number of nitrogens with one attached hydrogen (secondary N) is 2. The molecule has 2 N–H and O–H groups in total. The van der Waals surface area contributed by atoms with Crippen molar-refractivity contribution in [2.45, 2.75) is 52.2 Å². The normalized spacial score (nSPS) is 21.9. The zero-order valence-electron chi connectivity index (χ0n) is 20.0. The Bertz CT molecular complexity index is 1110. The average Bonchev–Trinajstić information content (AvgIpc) is 3.61. The Morgan fingerprint density at radius 1 is 1.12 bits per heavy atom. The third-order valence-corrected chi connectivity index (χ3v) is 6.68. The number of esters is 1. The largest absolute Gasteiger partial charge is 0.459 e. The highest BCUT2D eigenvalue weighted by Gasteiger charge is 2.43. The molecule has 0 radical (unpaired) electrons.